The molecule has 0 unspecified atom stereocenters. The second-order valence-corrected chi connectivity index (χ2v) is 6.27. The zero-order valence-electron chi connectivity index (χ0n) is 9.53. The molecule has 6 heteroatoms. The third kappa shape index (κ3) is 3.34. The molecule has 1 aromatic rings. The molecule has 0 aliphatic heterocycles. The monoisotopic (exact) mass is 306 g/mol. The minimum absolute atomic E-state index is 0.0128. The highest BCUT2D eigenvalue weighted by molar-refractivity contribution is 7.91. The number of hydrogen-bond donors (Lipinski definition) is 0. The standard InChI is InChI=1S/C12H12Cl2O3S/c1-2-8-18(16,17)11-9(6-7-13)4-3-5-10(11)12(14)15/h2-5H,1,6-8H2. The molecule has 0 saturated heterocycles. The van der Waals surface area contributed by atoms with Gasteiger partial charge in [0.25, 0.3) is 5.24 Å². The Kier molecular flexibility index (Phi) is 5.38. The van der Waals surface area contributed by atoms with Gasteiger partial charge in [-0.05, 0) is 29.7 Å². The smallest absolute Gasteiger partial charge is 0.253 e. The van der Waals surface area contributed by atoms with Crippen molar-refractivity contribution in [1.29, 1.82) is 0 Å². The molecule has 0 atom stereocenters. The van der Waals surface area contributed by atoms with E-state index in [9.17, 15) is 13.2 Å². The molecule has 1 rings (SSSR count). The van der Waals surface area contributed by atoms with Crippen LogP contribution in [0, 0.1) is 0 Å². The number of halogens is 2. The number of alkyl halides is 1. The van der Waals surface area contributed by atoms with Gasteiger partial charge in [0, 0.05) is 5.88 Å². The van der Waals surface area contributed by atoms with E-state index < -0.39 is 15.1 Å². The molecule has 1 aromatic carbocycles. The first kappa shape index (κ1) is 15.2. The lowest BCUT2D eigenvalue weighted by Crippen LogP contribution is -2.13. The summed E-state index contributed by atoms with van der Waals surface area (Å²) in [5.74, 6) is 0.0139. The van der Waals surface area contributed by atoms with Crippen molar-refractivity contribution in [1.82, 2.24) is 0 Å². The Morgan fingerprint density at radius 3 is 2.56 bits per heavy atom. The van der Waals surface area contributed by atoms with Gasteiger partial charge in [-0.1, -0.05) is 18.2 Å². The van der Waals surface area contributed by atoms with Crippen LogP contribution in [0.5, 0.6) is 0 Å². The van der Waals surface area contributed by atoms with Gasteiger partial charge in [0.15, 0.2) is 9.84 Å². The first-order valence-corrected chi connectivity index (χ1v) is 7.72. The normalized spacial score (nSPS) is 11.2. The third-order valence-electron chi connectivity index (χ3n) is 2.32. The Labute approximate surface area is 116 Å². The number of aryl methyl sites for hydroxylation is 1. The molecule has 3 nitrogen and oxygen atoms in total. The molecule has 0 heterocycles. The predicted octanol–water partition coefficient (Wildman–Crippen LogP) is 2.81. The van der Waals surface area contributed by atoms with Crippen molar-refractivity contribution in [2.75, 3.05) is 11.6 Å². The van der Waals surface area contributed by atoms with Gasteiger partial charge in [-0.2, -0.15) is 0 Å². The Hall–Kier alpha value is -0.840. The van der Waals surface area contributed by atoms with Crippen molar-refractivity contribution in [3.63, 3.8) is 0 Å². The first-order chi connectivity index (χ1) is 8.44. The van der Waals surface area contributed by atoms with E-state index in [1.165, 1.54) is 12.1 Å². The summed E-state index contributed by atoms with van der Waals surface area (Å²) in [7, 11) is -3.62. The van der Waals surface area contributed by atoms with Crippen molar-refractivity contribution >= 4 is 38.3 Å². The number of carbonyl (C=O) groups is 1. The Morgan fingerprint density at radius 2 is 2.06 bits per heavy atom. The topological polar surface area (TPSA) is 51.2 Å². The third-order valence-corrected chi connectivity index (χ3v) is 4.49. The molecule has 0 fully saturated rings. The van der Waals surface area contributed by atoms with E-state index in [2.05, 4.69) is 6.58 Å². The molecule has 0 spiro atoms. The maximum atomic E-state index is 12.1. The minimum atomic E-state index is -3.62. The van der Waals surface area contributed by atoms with E-state index in [0.717, 1.165) is 0 Å². The second-order valence-electron chi connectivity index (χ2n) is 3.58. The fraction of sp³-hybridized carbons (Fsp3) is 0.250. The van der Waals surface area contributed by atoms with Gasteiger partial charge in [-0.3, -0.25) is 4.79 Å². The van der Waals surface area contributed by atoms with Crippen molar-refractivity contribution < 1.29 is 13.2 Å². The highest BCUT2D eigenvalue weighted by atomic mass is 35.5. The lowest BCUT2D eigenvalue weighted by molar-refractivity contribution is 0.107. The van der Waals surface area contributed by atoms with Crippen molar-refractivity contribution in [2.24, 2.45) is 0 Å². The van der Waals surface area contributed by atoms with Crippen LogP contribution >= 0.6 is 23.2 Å². The number of benzene rings is 1. The molecular formula is C12H12Cl2O3S. The van der Waals surface area contributed by atoms with E-state index >= 15 is 0 Å². The van der Waals surface area contributed by atoms with E-state index in [1.807, 2.05) is 0 Å². The van der Waals surface area contributed by atoms with Crippen LogP contribution < -0.4 is 0 Å². The predicted molar refractivity (Wildman–Crippen MR) is 73.3 cm³/mol. The van der Waals surface area contributed by atoms with Gasteiger partial charge >= 0.3 is 0 Å². The SMILES string of the molecule is C=CCS(=O)(=O)c1c(CCCl)cccc1C(=O)Cl. The zero-order chi connectivity index (χ0) is 13.8. The van der Waals surface area contributed by atoms with Crippen LogP contribution in [0.2, 0.25) is 0 Å². The number of hydrogen-bond acceptors (Lipinski definition) is 3. The van der Waals surface area contributed by atoms with Gasteiger partial charge in [0.05, 0.1) is 16.2 Å². The summed E-state index contributed by atoms with van der Waals surface area (Å²) >= 11 is 11.1. The first-order valence-electron chi connectivity index (χ1n) is 5.15. The molecule has 0 bridgehead atoms. The maximum absolute atomic E-state index is 12.1. The van der Waals surface area contributed by atoms with Crippen LogP contribution in [0.4, 0.5) is 0 Å². The summed E-state index contributed by atoms with van der Waals surface area (Å²) < 4.78 is 24.3. The lowest BCUT2D eigenvalue weighted by Gasteiger charge is -2.11. The quantitative estimate of drug-likeness (QED) is 0.461. The molecule has 98 valence electrons. The Balaban J connectivity index is 3.54. The van der Waals surface area contributed by atoms with Gasteiger partial charge in [0.1, 0.15) is 0 Å². The van der Waals surface area contributed by atoms with Gasteiger partial charge in [-0.15, -0.1) is 18.2 Å². The van der Waals surface area contributed by atoms with E-state index in [0.29, 0.717) is 12.0 Å². The molecule has 0 aliphatic rings. The van der Waals surface area contributed by atoms with Crippen molar-refractivity contribution in [3.8, 4) is 0 Å². The van der Waals surface area contributed by atoms with Crippen LogP contribution in [-0.4, -0.2) is 25.3 Å². The van der Waals surface area contributed by atoms with Crippen LogP contribution in [0.1, 0.15) is 15.9 Å². The summed E-state index contributed by atoms with van der Waals surface area (Å²) in [5, 5.41) is -0.797. The Bertz CT molecular complexity index is 565. The molecule has 0 amide bonds. The van der Waals surface area contributed by atoms with Gasteiger partial charge < -0.3 is 0 Å². The van der Waals surface area contributed by atoms with Crippen molar-refractivity contribution in [3.05, 3.63) is 42.0 Å². The van der Waals surface area contributed by atoms with Crippen LogP contribution in [-0.2, 0) is 16.3 Å². The minimum Gasteiger partial charge on any atom is -0.276 e. The second kappa shape index (κ2) is 6.36. The Morgan fingerprint density at radius 1 is 1.39 bits per heavy atom. The number of sulfone groups is 1. The number of carbonyl (C=O) groups excluding carboxylic acids is 1. The van der Waals surface area contributed by atoms with Crippen LogP contribution in [0.25, 0.3) is 0 Å². The van der Waals surface area contributed by atoms with Gasteiger partial charge in [0.2, 0.25) is 0 Å². The lowest BCUT2D eigenvalue weighted by atomic mass is 10.1. The molecular weight excluding hydrogens is 295 g/mol. The molecule has 0 aromatic heterocycles. The van der Waals surface area contributed by atoms with Crippen molar-refractivity contribution in [2.45, 2.75) is 11.3 Å². The maximum Gasteiger partial charge on any atom is 0.253 e. The highest BCUT2D eigenvalue weighted by Gasteiger charge is 2.23. The summed E-state index contributed by atoms with van der Waals surface area (Å²) in [6, 6.07) is 4.61. The summed E-state index contributed by atoms with van der Waals surface area (Å²) in [6.45, 7) is 3.40. The summed E-state index contributed by atoms with van der Waals surface area (Å²) in [6.07, 6.45) is 1.63. The average Bonchev–Trinajstić information content (AvgIpc) is 2.28. The molecule has 0 radical (unpaired) electrons. The highest BCUT2D eigenvalue weighted by Crippen LogP contribution is 2.24. The fourth-order valence-corrected chi connectivity index (χ4v) is 3.60. The zero-order valence-corrected chi connectivity index (χ0v) is 11.9. The van der Waals surface area contributed by atoms with E-state index in [1.54, 1.807) is 12.1 Å². The van der Waals surface area contributed by atoms with Crippen LogP contribution in [0.3, 0.4) is 0 Å². The molecule has 0 saturated carbocycles. The largest absolute Gasteiger partial charge is 0.276 e. The molecule has 0 N–H and O–H groups in total. The average molecular weight is 307 g/mol. The fourth-order valence-electron chi connectivity index (χ4n) is 1.64. The van der Waals surface area contributed by atoms with E-state index in [-0.39, 0.29) is 22.1 Å². The number of rotatable bonds is 6. The molecule has 0 aliphatic carbocycles. The summed E-state index contributed by atoms with van der Waals surface area (Å²) in [4.78, 5) is 11.3. The van der Waals surface area contributed by atoms with Gasteiger partial charge in [-0.25, -0.2) is 8.42 Å². The molecule has 18 heavy (non-hydrogen) atoms. The van der Waals surface area contributed by atoms with E-state index in [4.69, 9.17) is 23.2 Å². The van der Waals surface area contributed by atoms with Crippen LogP contribution in [0.15, 0.2) is 35.7 Å². The summed E-state index contributed by atoms with van der Waals surface area (Å²) in [5.41, 5.74) is 0.486.